The molecule has 69 valence electrons. The molecule has 13 heavy (non-hydrogen) atoms. The summed E-state index contributed by atoms with van der Waals surface area (Å²) < 4.78 is 0. The molecule has 0 amide bonds. The number of rotatable bonds is 1. The number of hydrogen-bond donors (Lipinski definition) is 0. The molecule has 1 aliphatic heterocycles. The monoisotopic (exact) mass is 191 g/mol. The average molecular weight is 191 g/mol. The Labute approximate surface area is 84.8 Å². The molecule has 1 fully saturated rings. The van der Waals surface area contributed by atoms with Crippen LogP contribution >= 0.6 is 7.92 Å². The van der Waals surface area contributed by atoms with Crippen LogP contribution in [0.25, 0.3) is 0 Å². The summed E-state index contributed by atoms with van der Waals surface area (Å²) in [5.74, 6) is 0. The molecule has 0 saturated carbocycles. The third-order valence-corrected chi connectivity index (χ3v) is 6.34. The van der Waals surface area contributed by atoms with Gasteiger partial charge in [-0.2, -0.15) is 0 Å². The Morgan fingerprint density at radius 2 is 1.62 bits per heavy atom. The highest BCUT2D eigenvalue weighted by Crippen LogP contribution is 2.56. The molecule has 1 aliphatic carbocycles. The maximum Gasteiger partial charge on any atom is 0.0234 e. The summed E-state index contributed by atoms with van der Waals surface area (Å²) in [6, 6.07) is 0. The van der Waals surface area contributed by atoms with E-state index in [0.717, 1.165) is 6.42 Å². The van der Waals surface area contributed by atoms with E-state index in [4.69, 9.17) is 0 Å². The van der Waals surface area contributed by atoms with Crippen molar-refractivity contribution in [1.82, 2.24) is 0 Å². The summed E-state index contributed by atoms with van der Waals surface area (Å²) in [5.41, 5.74) is 0. The molecule has 0 aromatic carbocycles. The Bertz CT molecular complexity index is 202. The lowest BCUT2D eigenvalue weighted by atomic mass is 10.1. The first-order chi connectivity index (χ1) is 5.81. The van der Waals surface area contributed by atoms with Gasteiger partial charge in [0.15, 0.2) is 0 Å². The fraction of sp³-hybridized carbons (Fsp3) is 0.636. The maximum absolute atomic E-state index is 2.45. The van der Waals surface area contributed by atoms with Crippen molar-refractivity contribution in [3.05, 3.63) is 24.3 Å². The van der Waals surface area contributed by atoms with Crippen LogP contribution in [0.3, 0.4) is 0 Å². The van der Waals surface area contributed by atoms with Crippen LogP contribution in [-0.2, 0) is 0 Å². The molecule has 0 aromatic rings. The van der Waals surface area contributed by atoms with E-state index in [1.807, 2.05) is 0 Å². The molecule has 1 saturated heterocycles. The fourth-order valence-electron chi connectivity index (χ4n) is 2.16. The minimum Gasteiger partial charge on any atom is -0.0926 e. The van der Waals surface area contributed by atoms with Crippen LogP contribution in [-0.4, -0.2) is 25.9 Å². The molecule has 2 heteroatoms. The molecule has 1 heterocycles. The Morgan fingerprint density at radius 3 is 2.15 bits per heavy atom. The molecule has 0 nitrogen and oxygen atoms in total. The van der Waals surface area contributed by atoms with E-state index >= 15 is 0 Å². The molecule has 2 rings (SSSR count). The van der Waals surface area contributed by atoms with E-state index < -0.39 is 0 Å². The van der Waals surface area contributed by atoms with Gasteiger partial charge in [-0.1, -0.05) is 32.2 Å². The van der Waals surface area contributed by atoms with Gasteiger partial charge in [-0.3, -0.25) is 0 Å². The van der Waals surface area contributed by atoms with Gasteiger partial charge in [0.05, 0.1) is 0 Å². The van der Waals surface area contributed by atoms with E-state index in [1.165, 1.54) is 25.2 Å². The van der Waals surface area contributed by atoms with Gasteiger partial charge < -0.3 is 0 Å². The minimum absolute atomic E-state index is 0. The van der Waals surface area contributed by atoms with Crippen molar-refractivity contribution in [3.8, 4) is 0 Å². The standard InChI is InChI=1S/C11H17P.B/c1-11(7-3-2-4-8-11)12-9-5-6-10-12;/h3-4,7-8H,2,5-6,9-10H2,1H3;. The number of allylic oxidation sites excluding steroid dienone is 4. The topological polar surface area (TPSA) is 0 Å². The molecule has 0 N–H and O–H groups in total. The van der Waals surface area contributed by atoms with Crippen LogP contribution < -0.4 is 0 Å². The van der Waals surface area contributed by atoms with Gasteiger partial charge in [0.2, 0.25) is 0 Å². The van der Waals surface area contributed by atoms with Crippen molar-refractivity contribution in [1.29, 1.82) is 0 Å². The largest absolute Gasteiger partial charge is 0.0926 e. The van der Waals surface area contributed by atoms with E-state index in [2.05, 4.69) is 31.2 Å². The molecule has 0 atom stereocenters. The normalized spacial score (nSPS) is 25.9. The summed E-state index contributed by atoms with van der Waals surface area (Å²) in [5, 5.41) is 0.462. The van der Waals surface area contributed by atoms with Gasteiger partial charge >= 0.3 is 0 Å². The van der Waals surface area contributed by atoms with Crippen LogP contribution in [0.4, 0.5) is 0 Å². The Hall–Kier alpha value is -0.0251. The summed E-state index contributed by atoms with van der Waals surface area (Å²) in [6.07, 6.45) is 16.7. The third kappa shape index (κ3) is 2.26. The zero-order valence-corrected chi connectivity index (χ0v) is 9.26. The van der Waals surface area contributed by atoms with Crippen LogP contribution in [0.2, 0.25) is 0 Å². The van der Waals surface area contributed by atoms with Crippen molar-refractivity contribution < 1.29 is 0 Å². The third-order valence-electron chi connectivity index (χ3n) is 2.97. The van der Waals surface area contributed by atoms with Gasteiger partial charge in [0.1, 0.15) is 0 Å². The van der Waals surface area contributed by atoms with E-state index in [0.29, 0.717) is 5.16 Å². The maximum atomic E-state index is 2.45. The number of hydrogen-bond acceptors (Lipinski definition) is 0. The van der Waals surface area contributed by atoms with Crippen molar-refractivity contribution in [2.75, 3.05) is 12.3 Å². The van der Waals surface area contributed by atoms with Crippen molar-refractivity contribution >= 4 is 16.3 Å². The van der Waals surface area contributed by atoms with Gasteiger partial charge in [0.25, 0.3) is 0 Å². The lowest BCUT2D eigenvalue weighted by Crippen LogP contribution is -2.18. The van der Waals surface area contributed by atoms with Crippen LogP contribution in [0.15, 0.2) is 24.3 Å². The predicted octanol–water partition coefficient (Wildman–Crippen LogP) is 3.16. The van der Waals surface area contributed by atoms with Gasteiger partial charge in [-0.25, -0.2) is 0 Å². The second kappa shape index (κ2) is 4.46. The second-order valence-electron chi connectivity index (χ2n) is 3.96. The van der Waals surface area contributed by atoms with Crippen molar-refractivity contribution in [2.45, 2.75) is 31.3 Å². The highest BCUT2D eigenvalue weighted by Gasteiger charge is 2.31. The Kier molecular flexibility index (Phi) is 3.80. The molecule has 0 unspecified atom stereocenters. The molecular formula is C11H17BP. The highest BCUT2D eigenvalue weighted by molar-refractivity contribution is 7.60. The molecule has 0 aromatic heterocycles. The fourth-order valence-corrected chi connectivity index (χ4v) is 5.19. The Morgan fingerprint density at radius 1 is 1.08 bits per heavy atom. The first-order valence-corrected chi connectivity index (χ1v) is 6.63. The lowest BCUT2D eigenvalue weighted by Gasteiger charge is -2.31. The highest BCUT2D eigenvalue weighted by atomic mass is 31.1. The molecule has 3 radical (unpaired) electrons. The molecule has 0 bridgehead atoms. The predicted molar refractivity (Wildman–Crippen MR) is 62.9 cm³/mol. The van der Waals surface area contributed by atoms with Gasteiger partial charge in [-0.05, 0) is 38.5 Å². The zero-order valence-electron chi connectivity index (χ0n) is 8.37. The van der Waals surface area contributed by atoms with Crippen LogP contribution in [0.1, 0.15) is 26.2 Å². The molecular weight excluding hydrogens is 174 g/mol. The lowest BCUT2D eigenvalue weighted by molar-refractivity contribution is 0.949. The summed E-state index contributed by atoms with van der Waals surface area (Å²) in [6.45, 7) is 2.41. The molecule has 0 spiro atoms. The zero-order chi connectivity index (χ0) is 8.44. The van der Waals surface area contributed by atoms with Crippen LogP contribution in [0, 0.1) is 0 Å². The van der Waals surface area contributed by atoms with Crippen molar-refractivity contribution in [3.63, 3.8) is 0 Å². The van der Waals surface area contributed by atoms with Crippen LogP contribution in [0.5, 0.6) is 0 Å². The smallest absolute Gasteiger partial charge is 0.0234 e. The summed E-state index contributed by atoms with van der Waals surface area (Å²) in [4.78, 5) is 0. The van der Waals surface area contributed by atoms with Gasteiger partial charge in [-0.15, -0.1) is 0 Å². The van der Waals surface area contributed by atoms with Gasteiger partial charge in [0, 0.05) is 13.6 Å². The first-order valence-electron chi connectivity index (χ1n) is 4.92. The Balaban J connectivity index is 0.000000845. The second-order valence-corrected chi connectivity index (χ2v) is 6.90. The van der Waals surface area contributed by atoms with E-state index in [-0.39, 0.29) is 16.3 Å². The SMILES string of the molecule is CC1(P2CCCC2)C=CCC=C1.[B]. The van der Waals surface area contributed by atoms with E-state index in [1.54, 1.807) is 0 Å². The summed E-state index contributed by atoms with van der Waals surface area (Å²) >= 11 is 0. The molecule has 2 aliphatic rings. The quantitative estimate of drug-likeness (QED) is 0.339. The van der Waals surface area contributed by atoms with Crippen molar-refractivity contribution in [2.24, 2.45) is 0 Å². The minimum atomic E-state index is 0. The van der Waals surface area contributed by atoms with E-state index in [9.17, 15) is 0 Å². The average Bonchev–Trinajstić information content (AvgIpc) is 2.58. The first kappa shape index (κ1) is 11.1. The summed E-state index contributed by atoms with van der Waals surface area (Å²) in [7, 11) is 0.281.